The predicted molar refractivity (Wildman–Crippen MR) is 177 cm³/mol. The lowest BCUT2D eigenvalue weighted by atomic mass is 9.84. The molecule has 4 fully saturated rings. The Morgan fingerprint density at radius 1 is 0.509 bits per heavy atom. The quantitative estimate of drug-likeness (QED) is 0.0686. The van der Waals surface area contributed by atoms with E-state index in [1.165, 1.54) is 0 Å². The Hall–Kier alpha value is -2.80. The van der Waals surface area contributed by atoms with Crippen molar-refractivity contribution in [1.29, 1.82) is 0 Å². The first-order valence-corrected chi connectivity index (χ1v) is 17.9. The molecular formula is C32H52N2O23. The number of hydrogen-bond acceptors (Lipinski definition) is 21. The lowest BCUT2D eigenvalue weighted by molar-refractivity contribution is -0.303. The first-order valence-electron chi connectivity index (χ1n) is 17.9. The van der Waals surface area contributed by atoms with E-state index in [9.17, 15) is 80.5 Å². The van der Waals surface area contributed by atoms with Gasteiger partial charge in [-0.2, -0.15) is 0 Å². The van der Waals surface area contributed by atoms with Crippen LogP contribution >= 0.6 is 0 Å². The highest BCUT2D eigenvalue weighted by atomic mass is 16.7. The van der Waals surface area contributed by atoms with Gasteiger partial charge in [-0.05, 0) is 0 Å². The van der Waals surface area contributed by atoms with Gasteiger partial charge < -0.3 is 105 Å². The summed E-state index contributed by atoms with van der Waals surface area (Å²) in [5.41, 5.74) is 0. The van der Waals surface area contributed by atoms with E-state index in [0.29, 0.717) is 0 Å². The van der Waals surface area contributed by atoms with Gasteiger partial charge in [0.25, 0.3) is 0 Å². The van der Waals surface area contributed by atoms with Gasteiger partial charge in [0.1, 0.15) is 42.7 Å². The third-order valence-corrected chi connectivity index (χ3v) is 10.3. The van der Waals surface area contributed by atoms with Crippen molar-refractivity contribution in [3.63, 3.8) is 0 Å². The van der Waals surface area contributed by atoms with Crippen LogP contribution in [0.1, 0.15) is 13.8 Å². The van der Waals surface area contributed by atoms with Crippen molar-refractivity contribution in [2.45, 2.75) is 118 Å². The molecule has 14 N–H and O–H groups in total. The van der Waals surface area contributed by atoms with E-state index >= 15 is 0 Å². The molecule has 0 aromatic carbocycles. The standard InChI is InChI=1S/C32H52N2O23/c1-9(37)33-17-11(6-52-32-25(45)22(42)23(43)27(57-32)29(48)49)19(39)14(3-35)54-16(17)8-51-5-13-21(41)24(44)31(56-26(13)28(46)47)53-7-12-18(34-10(2)38)30(50)55-15(4-36)20(12)40/h11-27,30-32,35-36,39-45,50H,3-8H2,1-2H3,(H,33,37)(H,34,38)(H,46,47)(H,48,49)/t11-,12-,13-,14?,15?,16+,17?,18?,19-,20-,21+,22+,23-,24?,25?,26?,27?,30-,31-,32-/m1/s1. The number of aliphatic hydroxyl groups excluding tert-OH is 10. The van der Waals surface area contributed by atoms with Gasteiger partial charge in [-0.15, -0.1) is 0 Å². The fourth-order valence-corrected chi connectivity index (χ4v) is 7.30. The van der Waals surface area contributed by atoms with Crippen molar-refractivity contribution in [3.8, 4) is 0 Å². The predicted octanol–water partition coefficient (Wildman–Crippen LogP) is -8.49. The lowest BCUT2D eigenvalue weighted by Crippen LogP contribution is -2.64. The minimum absolute atomic E-state index is 0.522. The Bertz CT molecular complexity index is 1360. The molecule has 0 aromatic heterocycles. The van der Waals surface area contributed by atoms with E-state index in [4.69, 9.17) is 33.2 Å². The molecular weight excluding hydrogens is 780 g/mol. The Kier molecular flexibility index (Phi) is 16.8. The van der Waals surface area contributed by atoms with Crippen LogP contribution in [0.2, 0.25) is 0 Å². The molecule has 57 heavy (non-hydrogen) atoms. The topological polar surface area (TPSA) is 400 Å². The van der Waals surface area contributed by atoms with Gasteiger partial charge in [0.2, 0.25) is 11.8 Å². The van der Waals surface area contributed by atoms with E-state index < -0.39 is 185 Å². The molecule has 4 heterocycles. The van der Waals surface area contributed by atoms with Crippen LogP contribution in [0.4, 0.5) is 0 Å². The second-order valence-corrected chi connectivity index (χ2v) is 14.3. The molecule has 0 saturated carbocycles. The summed E-state index contributed by atoms with van der Waals surface area (Å²) in [5.74, 6) is -8.46. The maximum absolute atomic E-state index is 12.3. The number of carbonyl (C=O) groups excluding carboxylic acids is 2. The van der Waals surface area contributed by atoms with Crippen molar-refractivity contribution in [1.82, 2.24) is 10.6 Å². The van der Waals surface area contributed by atoms with Crippen LogP contribution in [0.25, 0.3) is 0 Å². The molecule has 4 rings (SSSR count). The second kappa shape index (κ2) is 20.4. The molecule has 4 aliphatic rings. The van der Waals surface area contributed by atoms with Crippen LogP contribution in [0.15, 0.2) is 0 Å². The molecule has 0 spiro atoms. The molecule has 0 radical (unpaired) electrons. The smallest absolute Gasteiger partial charge is 0.335 e. The summed E-state index contributed by atoms with van der Waals surface area (Å²) in [5, 5.41) is 128. The molecule has 2 amide bonds. The largest absolute Gasteiger partial charge is 0.479 e. The fraction of sp³-hybridized carbons (Fsp3) is 0.875. The average Bonchev–Trinajstić information content (AvgIpc) is 3.14. The van der Waals surface area contributed by atoms with Crippen LogP contribution in [0.5, 0.6) is 0 Å². The third-order valence-electron chi connectivity index (χ3n) is 10.3. The second-order valence-electron chi connectivity index (χ2n) is 14.3. The van der Waals surface area contributed by atoms with Gasteiger partial charge in [-0.25, -0.2) is 9.59 Å². The van der Waals surface area contributed by atoms with Crippen LogP contribution in [0.3, 0.4) is 0 Å². The van der Waals surface area contributed by atoms with Gasteiger partial charge in [-0.3, -0.25) is 9.59 Å². The van der Waals surface area contributed by atoms with Gasteiger partial charge in [-0.1, -0.05) is 0 Å². The first kappa shape index (κ1) is 46.9. The summed E-state index contributed by atoms with van der Waals surface area (Å²) < 4.78 is 38.3. The number of carboxylic acid groups (broad SMARTS) is 2. The molecule has 4 saturated heterocycles. The number of aliphatic carboxylic acids is 2. The summed E-state index contributed by atoms with van der Waals surface area (Å²) in [6.45, 7) is -1.67. The third kappa shape index (κ3) is 10.9. The summed E-state index contributed by atoms with van der Waals surface area (Å²) in [6.07, 6.45) is -26.1. The van der Waals surface area contributed by atoms with E-state index in [2.05, 4.69) is 10.6 Å². The SMILES string of the molecule is CC(=O)NC1[C@H](O)OC(CO)[C@H](O)[C@@H]1CO[C@@H]1OC(C(=O)O)[C@H](COC[C@@H]2OC(CO)[C@H](O)[C@H](CO[C@@H]3OC(C(=O)O)[C@H](O)[C@H](O)C3O)C2NC(C)=O)[C@H](O)C1O. The monoisotopic (exact) mass is 832 g/mol. The Balaban J connectivity index is 1.44. The Morgan fingerprint density at radius 3 is 1.49 bits per heavy atom. The van der Waals surface area contributed by atoms with Gasteiger partial charge in [0.05, 0.1) is 70.0 Å². The number of hydrogen-bond donors (Lipinski definition) is 14. The van der Waals surface area contributed by atoms with E-state index in [-0.39, 0.29) is 0 Å². The Labute approximate surface area is 323 Å². The molecule has 4 aliphatic heterocycles. The summed E-state index contributed by atoms with van der Waals surface area (Å²) in [7, 11) is 0. The number of nitrogens with one attached hydrogen (secondary N) is 2. The highest BCUT2D eigenvalue weighted by molar-refractivity contribution is 5.74. The number of ether oxygens (including phenoxy) is 7. The van der Waals surface area contributed by atoms with Crippen molar-refractivity contribution in [2.75, 3.05) is 39.6 Å². The number of rotatable bonds is 16. The highest BCUT2D eigenvalue weighted by Gasteiger charge is 2.52. The minimum atomic E-state index is -2.02. The van der Waals surface area contributed by atoms with E-state index in [1.54, 1.807) is 0 Å². The van der Waals surface area contributed by atoms with Crippen LogP contribution in [-0.2, 0) is 52.3 Å². The summed E-state index contributed by atoms with van der Waals surface area (Å²) >= 11 is 0. The first-order chi connectivity index (χ1) is 26.8. The van der Waals surface area contributed by atoms with Gasteiger partial charge in [0, 0.05) is 31.6 Å². The normalized spacial score (nSPS) is 43.9. The lowest BCUT2D eigenvalue weighted by Gasteiger charge is -2.46. The van der Waals surface area contributed by atoms with E-state index in [0.717, 1.165) is 13.8 Å². The summed E-state index contributed by atoms with van der Waals surface area (Å²) in [6, 6.07) is -2.49. The molecule has 8 unspecified atom stereocenters. The number of amides is 2. The molecule has 328 valence electrons. The maximum Gasteiger partial charge on any atom is 0.335 e. The molecule has 20 atom stereocenters. The molecule has 0 aliphatic carbocycles. The zero-order chi connectivity index (χ0) is 42.5. The molecule has 25 nitrogen and oxygen atoms in total. The van der Waals surface area contributed by atoms with Crippen LogP contribution < -0.4 is 10.6 Å². The van der Waals surface area contributed by atoms with Gasteiger partial charge >= 0.3 is 11.9 Å². The van der Waals surface area contributed by atoms with Gasteiger partial charge in [0.15, 0.2) is 31.1 Å². The van der Waals surface area contributed by atoms with Crippen molar-refractivity contribution in [2.24, 2.45) is 17.8 Å². The number of carbonyl (C=O) groups is 4. The average molecular weight is 833 g/mol. The van der Waals surface area contributed by atoms with Crippen molar-refractivity contribution < 1.29 is 114 Å². The van der Waals surface area contributed by atoms with Crippen molar-refractivity contribution in [3.05, 3.63) is 0 Å². The molecule has 0 aromatic rings. The molecule has 0 bridgehead atoms. The van der Waals surface area contributed by atoms with Crippen molar-refractivity contribution >= 4 is 23.8 Å². The summed E-state index contributed by atoms with van der Waals surface area (Å²) in [4.78, 5) is 47.9. The number of aliphatic hydroxyl groups is 10. The zero-order valence-corrected chi connectivity index (χ0v) is 30.6. The molecule has 25 heteroatoms. The highest BCUT2D eigenvalue weighted by Crippen LogP contribution is 2.33. The maximum atomic E-state index is 12.3. The number of carboxylic acids is 2. The fourth-order valence-electron chi connectivity index (χ4n) is 7.30. The van der Waals surface area contributed by atoms with Crippen LogP contribution in [0, 0.1) is 17.8 Å². The Morgan fingerprint density at radius 2 is 0.982 bits per heavy atom. The van der Waals surface area contributed by atoms with Crippen LogP contribution in [-0.4, -0.2) is 229 Å². The van der Waals surface area contributed by atoms with E-state index in [1.807, 2.05) is 0 Å². The zero-order valence-electron chi connectivity index (χ0n) is 30.6. The minimum Gasteiger partial charge on any atom is -0.479 e.